The van der Waals surface area contributed by atoms with Gasteiger partial charge in [-0.1, -0.05) is 6.92 Å². The molecule has 4 nitrogen and oxygen atoms in total. The maximum Gasteiger partial charge on any atom is 0.359 e. The van der Waals surface area contributed by atoms with Crippen LogP contribution in [0.5, 0.6) is 0 Å². The molecule has 2 atom stereocenters. The summed E-state index contributed by atoms with van der Waals surface area (Å²) >= 11 is 0. The van der Waals surface area contributed by atoms with Crippen molar-refractivity contribution in [3.8, 4) is 0 Å². The fourth-order valence-electron chi connectivity index (χ4n) is 0.514. The minimum Gasteiger partial charge on any atom is -0.378 e. The van der Waals surface area contributed by atoms with Crippen LogP contribution < -0.4 is 0 Å². The molecule has 0 saturated heterocycles. The lowest BCUT2D eigenvalue weighted by atomic mass is 10.3. The molecule has 0 amide bonds. The molecule has 0 radical (unpaired) electrons. The highest BCUT2D eigenvalue weighted by Crippen LogP contribution is 2.55. The van der Waals surface area contributed by atoms with Gasteiger partial charge in [-0.3, -0.25) is 4.57 Å². The van der Waals surface area contributed by atoms with E-state index in [1.54, 1.807) is 13.8 Å². The van der Waals surface area contributed by atoms with Crippen molar-refractivity contribution < 1.29 is 19.1 Å². The van der Waals surface area contributed by atoms with E-state index < -0.39 is 12.9 Å². The van der Waals surface area contributed by atoms with E-state index in [1.807, 2.05) is 0 Å². The van der Waals surface area contributed by atoms with Crippen molar-refractivity contribution in [2.24, 2.45) is 0 Å². The highest BCUT2D eigenvalue weighted by molar-refractivity contribution is 7.54. The van der Waals surface area contributed by atoms with Crippen molar-refractivity contribution in [1.29, 1.82) is 0 Å². The van der Waals surface area contributed by atoms with Crippen LogP contribution in [0.4, 0.5) is 0 Å². The lowest BCUT2D eigenvalue weighted by Gasteiger charge is -2.25. The quantitative estimate of drug-likeness (QED) is 0.643. The maximum absolute atomic E-state index is 11.2. The average Bonchev–Trinajstić information content (AvgIpc) is 1.87. The number of rotatable bonds is 4. The monoisotopic (exact) mass is 182 g/mol. The standard InChI is InChI=1S/C6H15O4P/c1-4-6(3,7)11(8,9)10-5-2/h7H,4-5H2,1-3H3,(H,8,9). The molecule has 5 heteroatoms. The van der Waals surface area contributed by atoms with E-state index in [0.29, 0.717) is 0 Å². The summed E-state index contributed by atoms with van der Waals surface area (Å²) in [6, 6.07) is 0. The van der Waals surface area contributed by atoms with Gasteiger partial charge in [0.2, 0.25) is 0 Å². The van der Waals surface area contributed by atoms with Gasteiger partial charge in [0.15, 0.2) is 5.34 Å². The molecule has 0 aromatic rings. The van der Waals surface area contributed by atoms with Crippen LogP contribution in [0.15, 0.2) is 0 Å². The van der Waals surface area contributed by atoms with E-state index in [2.05, 4.69) is 4.52 Å². The van der Waals surface area contributed by atoms with Gasteiger partial charge >= 0.3 is 7.60 Å². The van der Waals surface area contributed by atoms with Gasteiger partial charge in [0.05, 0.1) is 6.61 Å². The van der Waals surface area contributed by atoms with Crippen LogP contribution in [0.2, 0.25) is 0 Å². The average molecular weight is 182 g/mol. The zero-order valence-corrected chi connectivity index (χ0v) is 7.97. The molecule has 2 unspecified atom stereocenters. The van der Waals surface area contributed by atoms with E-state index in [1.165, 1.54) is 6.92 Å². The normalized spacial score (nSPS) is 22.3. The van der Waals surface area contributed by atoms with Crippen molar-refractivity contribution in [3.63, 3.8) is 0 Å². The largest absolute Gasteiger partial charge is 0.378 e. The van der Waals surface area contributed by atoms with Crippen LogP contribution >= 0.6 is 7.60 Å². The first-order valence-corrected chi connectivity index (χ1v) is 5.15. The van der Waals surface area contributed by atoms with Crippen LogP contribution in [-0.2, 0) is 9.09 Å². The third-order valence-corrected chi connectivity index (χ3v) is 3.72. The molecule has 2 N–H and O–H groups in total. The van der Waals surface area contributed by atoms with Gasteiger partial charge in [-0.15, -0.1) is 0 Å². The lowest BCUT2D eigenvalue weighted by molar-refractivity contribution is 0.0924. The predicted molar refractivity (Wildman–Crippen MR) is 42.4 cm³/mol. The summed E-state index contributed by atoms with van der Waals surface area (Å²) in [4.78, 5) is 9.13. The fourth-order valence-corrected chi connectivity index (χ4v) is 1.54. The van der Waals surface area contributed by atoms with Gasteiger partial charge in [0, 0.05) is 0 Å². The van der Waals surface area contributed by atoms with Crippen molar-refractivity contribution in [3.05, 3.63) is 0 Å². The second-order valence-corrected chi connectivity index (χ2v) is 4.77. The van der Waals surface area contributed by atoms with Crippen molar-refractivity contribution in [2.75, 3.05) is 6.61 Å². The van der Waals surface area contributed by atoms with Crippen LogP contribution in [-0.4, -0.2) is 21.9 Å². The van der Waals surface area contributed by atoms with Crippen LogP contribution in [0.1, 0.15) is 27.2 Å². The molecule has 0 heterocycles. The molecular formula is C6H15O4P. The number of hydrogen-bond donors (Lipinski definition) is 2. The van der Waals surface area contributed by atoms with Crippen molar-refractivity contribution in [2.45, 2.75) is 32.5 Å². The van der Waals surface area contributed by atoms with Crippen LogP contribution in [0.25, 0.3) is 0 Å². The van der Waals surface area contributed by atoms with Gasteiger partial charge in [-0.25, -0.2) is 0 Å². The first kappa shape index (κ1) is 11.1. The van der Waals surface area contributed by atoms with Gasteiger partial charge in [0.1, 0.15) is 0 Å². The second-order valence-electron chi connectivity index (χ2n) is 2.51. The molecule has 0 saturated carbocycles. The predicted octanol–water partition coefficient (Wildman–Crippen LogP) is 1.33. The van der Waals surface area contributed by atoms with Gasteiger partial charge in [0.25, 0.3) is 0 Å². The smallest absolute Gasteiger partial charge is 0.359 e. The Labute approximate surface area is 66.7 Å². The molecule has 0 aliphatic carbocycles. The molecule has 0 fully saturated rings. The maximum atomic E-state index is 11.2. The number of aliphatic hydroxyl groups is 1. The molecule has 0 bridgehead atoms. The molecule has 0 aromatic carbocycles. The SMILES string of the molecule is CCOP(=O)(O)C(C)(O)CC. The minimum absolute atomic E-state index is 0.129. The van der Waals surface area contributed by atoms with Gasteiger partial charge in [-0.05, 0) is 20.3 Å². The Morgan fingerprint density at radius 3 is 2.27 bits per heavy atom. The third kappa shape index (κ3) is 2.56. The van der Waals surface area contributed by atoms with Crippen molar-refractivity contribution in [1.82, 2.24) is 0 Å². The summed E-state index contributed by atoms with van der Waals surface area (Å²) in [6.45, 7) is 4.66. The van der Waals surface area contributed by atoms with Gasteiger partial charge in [-0.2, -0.15) is 0 Å². The first-order chi connectivity index (χ1) is 4.87. The molecule has 0 rings (SSSR count). The molecule has 0 aliphatic heterocycles. The molecule has 0 spiro atoms. The molecule has 68 valence electrons. The molecular weight excluding hydrogens is 167 g/mol. The topological polar surface area (TPSA) is 66.8 Å². The fraction of sp³-hybridized carbons (Fsp3) is 1.00. The zero-order valence-electron chi connectivity index (χ0n) is 7.07. The summed E-state index contributed by atoms with van der Waals surface area (Å²) in [6.07, 6.45) is 0.195. The molecule has 0 aromatic heterocycles. The summed E-state index contributed by atoms with van der Waals surface area (Å²) in [5.41, 5.74) is 0. The van der Waals surface area contributed by atoms with E-state index in [9.17, 15) is 9.67 Å². The van der Waals surface area contributed by atoms with Crippen LogP contribution in [0.3, 0.4) is 0 Å². The van der Waals surface area contributed by atoms with E-state index >= 15 is 0 Å². The first-order valence-electron chi connectivity index (χ1n) is 3.57. The van der Waals surface area contributed by atoms with E-state index in [-0.39, 0.29) is 13.0 Å². The highest BCUT2D eigenvalue weighted by Gasteiger charge is 2.41. The Morgan fingerprint density at radius 2 is 2.00 bits per heavy atom. The van der Waals surface area contributed by atoms with E-state index in [0.717, 1.165) is 0 Å². The summed E-state index contributed by atoms with van der Waals surface area (Å²) < 4.78 is 15.7. The third-order valence-electron chi connectivity index (χ3n) is 1.58. The Hall–Kier alpha value is 0.110. The molecule has 0 aliphatic rings. The van der Waals surface area contributed by atoms with E-state index in [4.69, 9.17) is 4.89 Å². The second kappa shape index (κ2) is 3.68. The Kier molecular flexibility index (Phi) is 3.71. The van der Waals surface area contributed by atoms with Crippen molar-refractivity contribution >= 4 is 7.60 Å². The van der Waals surface area contributed by atoms with Gasteiger partial charge < -0.3 is 14.5 Å². The Balaban J connectivity index is 4.40. The Morgan fingerprint density at radius 1 is 1.55 bits per heavy atom. The van der Waals surface area contributed by atoms with Crippen LogP contribution in [0, 0.1) is 0 Å². The molecule has 11 heavy (non-hydrogen) atoms. The summed E-state index contributed by atoms with van der Waals surface area (Å²) in [5.74, 6) is 0. The number of hydrogen-bond acceptors (Lipinski definition) is 3. The zero-order chi connectivity index (χ0) is 9.12. The summed E-state index contributed by atoms with van der Waals surface area (Å²) in [7, 11) is -3.84. The minimum atomic E-state index is -3.84. The highest BCUT2D eigenvalue weighted by atomic mass is 31.2. The Bertz CT molecular complexity index is 166. The summed E-state index contributed by atoms with van der Waals surface area (Å²) in [5, 5.41) is 7.72. The lowest BCUT2D eigenvalue weighted by Crippen LogP contribution is -2.24.